The smallest absolute Gasteiger partial charge is 0.00675 e. The second-order valence-electron chi connectivity index (χ2n) is 17.5. The number of hydrogen-bond acceptors (Lipinski definition) is 1. The molecule has 1 radical (unpaired) electrons. The monoisotopic (exact) mass is 734 g/mol. The molecule has 0 saturated heterocycles. The van der Waals surface area contributed by atoms with Gasteiger partial charge in [-0.1, -0.05) is 290 Å². The van der Waals surface area contributed by atoms with Crippen molar-refractivity contribution in [1.82, 2.24) is 0 Å². The minimum absolute atomic E-state index is 0.894. The summed E-state index contributed by atoms with van der Waals surface area (Å²) in [5, 5.41) is 0. The first-order valence-corrected chi connectivity index (χ1v) is 25.8. The van der Waals surface area contributed by atoms with Crippen molar-refractivity contribution in [2.24, 2.45) is 5.92 Å². The molecular weight excluding hydrogens is 633 g/mol. The van der Waals surface area contributed by atoms with Crippen LogP contribution in [0.15, 0.2) is 0 Å². The molecule has 0 saturated carbocycles. The Kier molecular flexibility index (Phi) is 48.7. The van der Waals surface area contributed by atoms with Crippen molar-refractivity contribution in [3.05, 3.63) is 6.92 Å². The van der Waals surface area contributed by atoms with Crippen LogP contribution in [0.5, 0.6) is 0 Å². The van der Waals surface area contributed by atoms with Crippen molar-refractivity contribution in [3.63, 3.8) is 0 Å². The van der Waals surface area contributed by atoms with Gasteiger partial charge in [-0.3, -0.25) is 0 Å². The van der Waals surface area contributed by atoms with Crippen LogP contribution >= 0.6 is 11.8 Å². The Bertz CT molecular complexity index is 569. The lowest BCUT2D eigenvalue weighted by molar-refractivity contribution is 0.501. The molecule has 0 bridgehead atoms. The Balaban J connectivity index is 3.05. The zero-order valence-corrected chi connectivity index (χ0v) is 37.0. The van der Waals surface area contributed by atoms with Gasteiger partial charge in [-0.05, 0) is 30.3 Å². The molecule has 0 aliphatic rings. The molecule has 0 atom stereocenters. The van der Waals surface area contributed by atoms with Gasteiger partial charge in [-0.2, -0.15) is 11.8 Å². The van der Waals surface area contributed by atoms with Crippen molar-refractivity contribution in [3.8, 4) is 0 Å². The Morgan fingerprint density at radius 2 is 0.431 bits per heavy atom. The van der Waals surface area contributed by atoms with E-state index in [9.17, 15) is 0 Å². The second-order valence-corrected chi connectivity index (χ2v) is 18.7. The quantitative estimate of drug-likeness (QED) is 0.0561. The minimum Gasteiger partial charge on any atom is -0.162 e. The summed E-state index contributed by atoms with van der Waals surface area (Å²) in [7, 11) is 0. The molecule has 0 aromatic carbocycles. The van der Waals surface area contributed by atoms with E-state index in [1.165, 1.54) is 288 Å². The summed E-state index contributed by atoms with van der Waals surface area (Å²) >= 11 is 2.23. The first-order valence-electron chi connectivity index (χ1n) is 24.6. The molecular formula is C50H101S. The number of thioether (sulfide) groups is 1. The molecule has 0 N–H and O–H groups in total. The lowest BCUT2D eigenvalue weighted by Crippen LogP contribution is -1.87. The molecule has 0 aliphatic carbocycles. The summed E-state index contributed by atoms with van der Waals surface area (Å²) in [5.41, 5.74) is 0. The van der Waals surface area contributed by atoms with E-state index in [0.717, 1.165) is 12.3 Å². The van der Waals surface area contributed by atoms with E-state index < -0.39 is 0 Å². The average Bonchev–Trinajstić information content (AvgIpc) is 3.13. The van der Waals surface area contributed by atoms with Crippen LogP contribution in [0.4, 0.5) is 0 Å². The van der Waals surface area contributed by atoms with Gasteiger partial charge in [0.2, 0.25) is 0 Å². The lowest BCUT2D eigenvalue weighted by atomic mass is 10.0. The Hall–Kier alpha value is 0.350. The fourth-order valence-electron chi connectivity index (χ4n) is 7.96. The highest BCUT2D eigenvalue weighted by Crippen LogP contribution is 2.18. The molecule has 0 fully saturated rings. The molecule has 0 heterocycles. The molecule has 0 nitrogen and oxygen atoms in total. The summed E-state index contributed by atoms with van der Waals surface area (Å²) in [5.74, 6) is 3.72. The van der Waals surface area contributed by atoms with Crippen molar-refractivity contribution < 1.29 is 0 Å². The molecule has 51 heavy (non-hydrogen) atoms. The van der Waals surface area contributed by atoms with Crippen molar-refractivity contribution in [2.45, 2.75) is 296 Å². The maximum atomic E-state index is 3.94. The van der Waals surface area contributed by atoms with Gasteiger partial charge in [0.05, 0.1) is 0 Å². The van der Waals surface area contributed by atoms with Crippen LogP contribution in [0.25, 0.3) is 0 Å². The van der Waals surface area contributed by atoms with E-state index in [0.29, 0.717) is 0 Å². The van der Waals surface area contributed by atoms with Crippen molar-refractivity contribution in [1.29, 1.82) is 0 Å². The van der Waals surface area contributed by atoms with Gasteiger partial charge in [0.1, 0.15) is 0 Å². The maximum absolute atomic E-state index is 3.94. The van der Waals surface area contributed by atoms with E-state index in [1.54, 1.807) is 0 Å². The molecule has 0 rings (SSSR count). The normalized spacial score (nSPS) is 11.8. The third kappa shape index (κ3) is 50.3. The first kappa shape index (κ1) is 51.4. The highest BCUT2D eigenvalue weighted by Gasteiger charge is 1.99. The first-order chi connectivity index (χ1) is 25.3. The molecule has 0 aliphatic heterocycles. The average molecular weight is 734 g/mol. The summed E-state index contributed by atoms with van der Waals surface area (Å²) in [4.78, 5) is 0. The van der Waals surface area contributed by atoms with Gasteiger partial charge in [0.25, 0.3) is 0 Å². The fraction of sp³-hybridized carbons (Fsp3) is 0.980. The summed E-state index contributed by atoms with van der Waals surface area (Å²) in [6.45, 7) is 8.64. The highest BCUT2D eigenvalue weighted by atomic mass is 32.2. The third-order valence-corrected chi connectivity index (χ3v) is 12.8. The van der Waals surface area contributed by atoms with E-state index in [1.807, 2.05) is 0 Å². The van der Waals surface area contributed by atoms with Gasteiger partial charge in [-0.15, -0.1) is 0 Å². The number of unbranched alkanes of at least 4 members (excludes halogenated alkanes) is 41. The molecule has 0 spiro atoms. The second kappa shape index (κ2) is 48.4. The maximum Gasteiger partial charge on any atom is -0.00675 e. The van der Waals surface area contributed by atoms with Crippen LogP contribution in [0.3, 0.4) is 0 Å². The molecule has 0 amide bonds. The van der Waals surface area contributed by atoms with E-state index in [-0.39, 0.29) is 0 Å². The highest BCUT2D eigenvalue weighted by molar-refractivity contribution is 7.99. The Labute approximate surface area is 331 Å². The zero-order valence-electron chi connectivity index (χ0n) is 36.2. The SMILES string of the molecule is [CH2]CCCCCCCCCCCCCCCCCCCCCCCCCCCSCCCCCCCCCCCCCCCCCCCC(C)C. The van der Waals surface area contributed by atoms with Gasteiger partial charge in [0, 0.05) is 0 Å². The largest absolute Gasteiger partial charge is 0.162 e. The van der Waals surface area contributed by atoms with Crippen molar-refractivity contribution >= 4 is 11.8 Å². The van der Waals surface area contributed by atoms with Crippen LogP contribution in [0.2, 0.25) is 0 Å². The minimum atomic E-state index is 0.894. The van der Waals surface area contributed by atoms with E-state index in [2.05, 4.69) is 32.5 Å². The van der Waals surface area contributed by atoms with Gasteiger partial charge in [-0.25, -0.2) is 0 Å². The molecule has 0 unspecified atom stereocenters. The van der Waals surface area contributed by atoms with Crippen LogP contribution in [0.1, 0.15) is 296 Å². The Morgan fingerprint density at radius 3 is 0.627 bits per heavy atom. The summed E-state index contributed by atoms with van der Waals surface area (Å²) in [6, 6.07) is 0. The van der Waals surface area contributed by atoms with E-state index >= 15 is 0 Å². The van der Waals surface area contributed by atoms with Crippen LogP contribution in [-0.2, 0) is 0 Å². The van der Waals surface area contributed by atoms with Crippen molar-refractivity contribution in [2.75, 3.05) is 11.5 Å². The lowest BCUT2D eigenvalue weighted by Gasteiger charge is -2.05. The predicted molar refractivity (Wildman–Crippen MR) is 241 cm³/mol. The third-order valence-electron chi connectivity index (χ3n) is 11.6. The predicted octanol–water partition coefficient (Wildman–Crippen LogP) is 19.4. The molecule has 307 valence electrons. The number of hydrogen-bond donors (Lipinski definition) is 0. The zero-order chi connectivity index (χ0) is 36.8. The van der Waals surface area contributed by atoms with E-state index in [4.69, 9.17) is 0 Å². The number of rotatable bonds is 47. The van der Waals surface area contributed by atoms with Crippen LogP contribution in [-0.4, -0.2) is 11.5 Å². The molecule has 1 heteroatoms. The van der Waals surface area contributed by atoms with Gasteiger partial charge >= 0.3 is 0 Å². The fourth-order valence-corrected chi connectivity index (χ4v) is 8.98. The summed E-state index contributed by atoms with van der Waals surface area (Å²) in [6.07, 6.45) is 64.6. The topological polar surface area (TPSA) is 0 Å². The van der Waals surface area contributed by atoms with Crippen LogP contribution in [0, 0.1) is 12.8 Å². The Morgan fingerprint density at radius 1 is 0.255 bits per heavy atom. The van der Waals surface area contributed by atoms with Gasteiger partial charge in [0.15, 0.2) is 0 Å². The van der Waals surface area contributed by atoms with Gasteiger partial charge < -0.3 is 0 Å². The standard InChI is InChI=1S/C50H101S/c1-4-5-6-7-8-9-10-11-12-13-14-15-16-17-18-19-20-21-24-27-30-33-36-39-42-45-48-51-49-46-43-40-37-34-31-28-25-22-23-26-29-32-35-38-41-44-47-50(2)3/h50H,1,4-49H2,2-3H3. The summed E-state index contributed by atoms with van der Waals surface area (Å²) < 4.78 is 0. The van der Waals surface area contributed by atoms with Crippen LogP contribution < -0.4 is 0 Å². The molecule has 0 aromatic rings. The molecule has 0 aromatic heterocycles.